The third-order valence-electron chi connectivity index (χ3n) is 8.11. The number of rotatable bonds is 8. The first-order chi connectivity index (χ1) is 20.2. The number of ether oxygens (including phenoxy) is 1. The number of likely N-dealkylation sites (tertiary alicyclic amines) is 1. The molecule has 230 valence electrons. The van der Waals surface area contributed by atoms with Gasteiger partial charge in [-0.05, 0) is 65.1 Å². The standard InChI is InChI=1S/C23H27N5O.C10H16N2O.H2S/c1-27-12-5-8-17(27)15-29-23-25-20-14-28(13-11-19(20)22(24)26-23)21-10-4-7-16-6-2-3-9-18(16)21;1-6-12(9(4)7-11-5)10(13)8(2)3;/h2-4,6-7,9-10,17H,5,8,11-15H2,1H3,(H2,24,25,26);9H,2,6-7H2,1,3-4H3;1H2/t17-;;/m0../s1. The second-order valence-corrected chi connectivity index (χ2v) is 11.1. The van der Waals surface area contributed by atoms with Crippen molar-refractivity contribution in [3.63, 3.8) is 0 Å². The molecule has 1 unspecified atom stereocenters. The van der Waals surface area contributed by atoms with Crippen LogP contribution in [0, 0.1) is 6.57 Å². The molecule has 3 heterocycles. The molecule has 2 atom stereocenters. The van der Waals surface area contributed by atoms with E-state index in [9.17, 15) is 4.79 Å². The second kappa shape index (κ2) is 15.6. The molecule has 9 nitrogen and oxygen atoms in total. The Morgan fingerprint density at radius 2 is 1.98 bits per heavy atom. The van der Waals surface area contributed by atoms with Crippen LogP contribution in [-0.2, 0) is 17.8 Å². The average molecular weight is 604 g/mol. The van der Waals surface area contributed by atoms with Crippen LogP contribution in [0.25, 0.3) is 15.6 Å². The summed E-state index contributed by atoms with van der Waals surface area (Å²) in [6.45, 7) is 20.1. The van der Waals surface area contributed by atoms with Gasteiger partial charge in [0.15, 0.2) is 0 Å². The summed E-state index contributed by atoms with van der Waals surface area (Å²) in [7, 11) is 2.14. The fourth-order valence-corrected chi connectivity index (χ4v) is 5.68. The minimum absolute atomic E-state index is 0. The van der Waals surface area contributed by atoms with E-state index in [-0.39, 0.29) is 25.4 Å². The molecule has 2 aliphatic heterocycles. The molecule has 0 aliphatic carbocycles. The van der Waals surface area contributed by atoms with Gasteiger partial charge in [-0.2, -0.15) is 23.5 Å². The van der Waals surface area contributed by atoms with Gasteiger partial charge in [0.05, 0.1) is 12.2 Å². The molecule has 2 aliphatic rings. The number of benzene rings is 2. The van der Waals surface area contributed by atoms with Gasteiger partial charge in [0.1, 0.15) is 18.5 Å². The first-order valence-electron chi connectivity index (χ1n) is 14.7. The summed E-state index contributed by atoms with van der Waals surface area (Å²) >= 11 is 0. The molecular formula is C33H45N7O2S. The zero-order valence-electron chi connectivity index (χ0n) is 25.8. The van der Waals surface area contributed by atoms with Crippen LogP contribution in [0.2, 0.25) is 0 Å². The third-order valence-corrected chi connectivity index (χ3v) is 8.11. The predicted molar refractivity (Wildman–Crippen MR) is 180 cm³/mol. The van der Waals surface area contributed by atoms with E-state index in [2.05, 4.69) is 75.7 Å². The molecule has 0 saturated carbocycles. The summed E-state index contributed by atoms with van der Waals surface area (Å²) < 4.78 is 5.96. The lowest BCUT2D eigenvalue weighted by atomic mass is 10.0. The summed E-state index contributed by atoms with van der Waals surface area (Å²) in [5.74, 6) is 0.501. The number of nitrogens with zero attached hydrogens (tertiary/aromatic N) is 6. The maximum atomic E-state index is 11.5. The highest BCUT2D eigenvalue weighted by Crippen LogP contribution is 2.32. The van der Waals surface area contributed by atoms with E-state index in [1.165, 1.54) is 22.9 Å². The number of aromatic nitrogens is 2. The molecule has 2 N–H and O–H groups in total. The summed E-state index contributed by atoms with van der Waals surface area (Å²) in [4.78, 5) is 30.3. The van der Waals surface area contributed by atoms with Gasteiger partial charge in [0.25, 0.3) is 0 Å². The molecule has 1 aromatic heterocycles. The van der Waals surface area contributed by atoms with Gasteiger partial charge in [-0.15, -0.1) is 0 Å². The van der Waals surface area contributed by atoms with Crippen molar-refractivity contribution in [3.05, 3.63) is 77.3 Å². The average Bonchev–Trinajstić information content (AvgIpc) is 3.40. The van der Waals surface area contributed by atoms with Crippen LogP contribution in [0.5, 0.6) is 6.01 Å². The lowest BCUT2D eigenvalue weighted by Crippen LogP contribution is -2.40. The van der Waals surface area contributed by atoms with E-state index < -0.39 is 0 Å². The number of amides is 1. The van der Waals surface area contributed by atoms with Crippen LogP contribution < -0.4 is 15.4 Å². The first-order valence-corrected chi connectivity index (χ1v) is 14.7. The lowest BCUT2D eigenvalue weighted by molar-refractivity contribution is -0.128. The number of nitrogens with two attached hydrogens (primary N) is 1. The molecule has 0 bridgehead atoms. The van der Waals surface area contributed by atoms with Gasteiger partial charge >= 0.3 is 6.01 Å². The molecule has 0 spiro atoms. The van der Waals surface area contributed by atoms with Crippen molar-refractivity contribution in [1.29, 1.82) is 0 Å². The maximum Gasteiger partial charge on any atom is 0.318 e. The van der Waals surface area contributed by atoms with Crippen molar-refractivity contribution < 1.29 is 9.53 Å². The Kier molecular flexibility index (Phi) is 12.2. The van der Waals surface area contributed by atoms with Crippen LogP contribution in [0.4, 0.5) is 11.5 Å². The third kappa shape index (κ3) is 8.18. The number of nitrogen functional groups attached to an aromatic ring is 1. The number of carbonyl (C=O) groups is 1. The Bertz CT molecular complexity index is 1450. The Hall–Kier alpha value is -3.81. The van der Waals surface area contributed by atoms with Crippen molar-refractivity contribution in [3.8, 4) is 6.01 Å². The van der Waals surface area contributed by atoms with E-state index >= 15 is 0 Å². The fourth-order valence-electron chi connectivity index (χ4n) is 5.68. The summed E-state index contributed by atoms with van der Waals surface area (Å²) in [6.07, 6.45) is 3.22. The molecule has 5 rings (SSSR count). The lowest BCUT2D eigenvalue weighted by Gasteiger charge is -2.31. The van der Waals surface area contributed by atoms with Gasteiger partial charge in [0, 0.05) is 41.3 Å². The van der Waals surface area contributed by atoms with E-state index in [4.69, 9.17) is 22.0 Å². The summed E-state index contributed by atoms with van der Waals surface area (Å²) in [5.41, 5.74) is 10.1. The number of hydrogen-bond donors (Lipinski definition) is 1. The Morgan fingerprint density at radius 3 is 2.65 bits per heavy atom. The van der Waals surface area contributed by atoms with Crippen LogP contribution in [0.1, 0.15) is 44.9 Å². The van der Waals surface area contributed by atoms with Gasteiger partial charge in [-0.1, -0.05) is 43.0 Å². The van der Waals surface area contributed by atoms with E-state index in [1.54, 1.807) is 11.8 Å². The second-order valence-electron chi connectivity index (χ2n) is 11.1. The van der Waals surface area contributed by atoms with Crippen LogP contribution in [0.15, 0.2) is 54.6 Å². The van der Waals surface area contributed by atoms with Gasteiger partial charge in [-0.25, -0.2) is 6.57 Å². The monoisotopic (exact) mass is 603 g/mol. The molecule has 43 heavy (non-hydrogen) atoms. The number of anilines is 2. The highest BCUT2D eigenvalue weighted by atomic mass is 32.1. The van der Waals surface area contributed by atoms with Crippen LogP contribution in [0.3, 0.4) is 0 Å². The molecule has 3 aromatic rings. The number of hydrogen-bond acceptors (Lipinski definition) is 7. The minimum atomic E-state index is -0.0568. The van der Waals surface area contributed by atoms with Gasteiger partial charge < -0.3 is 30.0 Å². The summed E-state index contributed by atoms with van der Waals surface area (Å²) in [6, 6.07) is 15.8. The normalized spacial score (nSPS) is 16.6. The highest BCUT2D eigenvalue weighted by molar-refractivity contribution is 7.59. The Balaban J connectivity index is 0.000000310. The van der Waals surface area contributed by atoms with Crippen LogP contribution >= 0.6 is 13.5 Å². The smallest absolute Gasteiger partial charge is 0.318 e. The quantitative estimate of drug-likeness (QED) is 0.284. The molecule has 2 aromatic carbocycles. The molecule has 1 amide bonds. The SMILES string of the molecule is CN1CCC[C@H]1COc1nc(N)c2c(n1)CN(c1cccc3ccccc13)CC2.S.[C-]#[N+]CC(C)N(CC)C(=O)C(=C)C. The van der Waals surface area contributed by atoms with E-state index in [0.717, 1.165) is 43.7 Å². The van der Waals surface area contributed by atoms with Crippen molar-refractivity contribution in [2.75, 3.05) is 50.5 Å². The Labute approximate surface area is 263 Å². The van der Waals surface area contributed by atoms with Crippen molar-refractivity contribution in [1.82, 2.24) is 19.8 Å². The number of carbonyl (C=O) groups excluding carboxylic acids is 1. The Morgan fingerprint density at radius 1 is 1.23 bits per heavy atom. The number of likely N-dealkylation sites (N-methyl/N-ethyl adjacent to an activating group) is 2. The van der Waals surface area contributed by atoms with Crippen molar-refractivity contribution in [2.24, 2.45) is 0 Å². The van der Waals surface area contributed by atoms with E-state index in [1.807, 2.05) is 13.8 Å². The largest absolute Gasteiger partial charge is 0.462 e. The topological polar surface area (TPSA) is 92.2 Å². The molecule has 0 radical (unpaired) electrons. The zero-order chi connectivity index (χ0) is 30.2. The van der Waals surface area contributed by atoms with E-state index in [0.29, 0.717) is 43.1 Å². The first kappa shape index (κ1) is 33.7. The fraction of sp³-hybridized carbons (Fsp3) is 0.455. The van der Waals surface area contributed by atoms with Crippen LogP contribution in [-0.4, -0.2) is 77.6 Å². The van der Waals surface area contributed by atoms with Crippen molar-refractivity contribution in [2.45, 2.75) is 58.7 Å². The minimum Gasteiger partial charge on any atom is -0.462 e. The predicted octanol–water partition coefficient (Wildman–Crippen LogP) is 5.08. The molecule has 10 heteroatoms. The van der Waals surface area contributed by atoms with Gasteiger partial charge in [-0.3, -0.25) is 4.79 Å². The highest BCUT2D eigenvalue weighted by Gasteiger charge is 2.25. The molecule has 1 fully saturated rings. The maximum absolute atomic E-state index is 11.5. The van der Waals surface area contributed by atoms with Gasteiger partial charge in [0.2, 0.25) is 12.5 Å². The molecular weight excluding hydrogens is 558 g/mol. The number of fused-ring (bicyclic) bond motifs is 2. The zero-order valence-corrected chi connectivity index (χ0v) is 26.8. The summed E-state index contributed by atoms with van der Waals surface area (Å²) in [5, 5.41) is 2.52. The van der Waals surface area contributed by atoms with Crippen molar-refractivity contribution >= 4 is 41.7 Å². The molecule has 1 saturated heterocycles.